The van der Waals surface area contributed by atoms with E-state index in [2.05, 4.69) is 86.8 Å². The zero-order chi connectivity index (χ0) is 46.2. The summed E-state index contributed by atoms with van der Waals surface area (Å²) in [6.45, 7) is 3.47. The monoisotopic (exact) mass is 905 g/mol. The Labute approximate surface area is 379 Å². The van der Waals surface area contributed by atoms with Gasteiger partial charge in [0.2, 0.25) is 0 Å². The molecule has 0 aromatic rings. The molecule has 13 heteroatoms. The molecule has 1 aliphatic rings. The third-order valence-electron chi connectivity index (χ3n) is 9.97. The minimum Gasteiger partial charge on any atom is -0.462 e. The van der Waals surface area contributed by atoms with Crippen LogP contribution in [0.3, 0.4) is 0 Å². The van der Waals surface area contributed by atoms with Crippen LogP contribution >= 0.6 is 0 Å². The Morgan fingerprint density at radius 2 is 1.03 bits per heavy atom. The molecule has 0 radical (unpaired) electrons. The normalized spacial score (nSPS) is 20.6. The molecule has 0 saturated carbocycles. The molecular formula is C50H80O12S. The summed E-state index contributed by atoms with van der Waals surface area (Å²) in [5.41, 5.74) is 0. The van der Waals surface area contributed by atoms with E-state index in [1.165, 1.54) is 0 Å². The van der Waals surface area contributed by atoms with E-state index in [4.69, 9.17) is 18.9 Å². The van der Waals surface area contributed by atoms with Crippen molar-refractivity contribution in [2.75, 3.05) is 19.0 Å². The van der Waals surface area contributed by atoms with Crippen LogP contribution in [0.5, 0.6) is 0 Å². The van der Waals surface area contributed by atoms with Crippen LogP contribution in [0.25, 0.3) is 0 Å². The highest BCUT2D eigenvalue weighted by atomic mass is 32.2. The number of carbonyl (C=O) groups is 2. The lowest BCUT2D eigenvalue weighted by atomic mass is 10.00. The van der Waals surface area contributed by atoms with E-state index in [0.29, 0.717) is 12.8 Å². The maximum atomic E-state index is 12.8. The van der Waals surface area contributed by atoms with Crippen LogP contribution in [0.15, 0.2) is 97.2 Å². The standard InChI is InChI=1S/C50H80O12S/c1-3-5-7-9-11-13-15-17-18-19-20-21-22-23-24-25-27-28-30-32-34-36-38-45(51)59-40-43(41-60-50-49(55)48(54)47(53)44(62-50)42-63(56,57)58)61-46(52)39-37-35-33-31-29-26-16-14-12-10-8-6-4-2/h5-8,10-14,16-18,20-21,23-24,43-44,47-50,53-55H,3-4,9,15,19,22,25-42H2,1-2H3,(H,56,57,58)/b7-5+,8-6+,12-10+,13-11+,16-14+,18-17+,21-20+,24-23+/t43?,44-,47-,48?,49?,50+/m1/s1. The highest BCUT2D eigenvalue weighted by Crippen LogP contribution is 2.24. The number of unbranched alkanes of at least 4 members (excludes halogenated alkanes) is 11. The van der Waals surface area contributed by atoms with Crippen molar-refractivity contribution in [3.8, 4) is 0 Å². The van der Waals surface area contributed by atoms with Gasteiger partial charge in [-0.2, -0.15) is 8.42 Å². The van der Waals surface area contributed by atoms with Gasteiger partial charge in [-0.1, -0.05) is 156 Å². The minimum atomic E-state index is -4.61. The lowest BCUT2D eigenvalue weighted by Gasteiger charge is -2.40. The average Bonchev–Trinajstić information content (AvgIpc) is 3.25. The molecule has 358 valence electrons. The van der Waals surface area contributed by atoms with E-state index in [9.17, 15) is 37.9 Å². The number of aliphatic hydroxyl groups is 3. The first kappa shape index (κ1) is 57.6. The smallest absolute Gasteiger partial charge is 0.306 e. The second-order valence-electron chi connectivity index (χ2n) is 15.7. The van der Waals surface area contributed by atoms with Gasteiger partial charge < -0.3 is 34.3 Å². The van der Waals surface area contributed by atoms with E-state index in [1.54, 1.807) is 0 Å². The molecule has 0 aliphatic carbocycles. The zero-order valence-corrected chi connectivity index (χ0v) is 39.0. The number of aliphatic hydroxyl groups excluding tert-OH is 3. The molecule has 12 nitrogen and oxygen atoms in total. The van der Waals surface area contributed by atoms with Gasteiger partial charge in [0.15, 0.2) is 12.4 Å². The zero-order valence-electron chi connectivity index (χ0n) is 38.1. The van der Waals surface area contributed by atoms with Crippen molar-refractivity contribution in [2.24, 2.45) is 0 Å². The second kappa shape index (κ2) is 39.0. The lowest BCUT2D eigenvalue weighted by molar-refractivity contribution is -0.297. The number of hydrogen-bond donors (Lipinski definition) is 4. The van der Waals surface area contributed by atoms with E-state index >= 15 is 0 Å². The van der Waals surface area contributed by atoms with Crippen molar-refractivity contribution in [1.82, 2.24) is 0 Å². The first-order valence-corrected chi connectivity index (χ1v) is 24.9. The molecule has 3 unspecified atom stereocenters. The van der Waals surface area contributed by atoms with Gasteiger partial charge in [0.1, 0.15) is 36.8 Å². The molecule has 1 saturated heterocycles. The highest BCUT2D eigenvalue weighted by molar-refractivity contribution is 7.85. The van der Waals surface area contributed by atoms with Crippen molar-refractivity contribution >= 4 is 22.1 Å². The van der Waals surface area contributed by atoms with Crippen LogP contribution in [0.4, 0.5) is 0 Å². The molecule has 1 heterocycles. The van der Waals surface area contributed by atoms with Crippen LogP contribution in [0.1, 0.15) is 149 Å². The average molecular weight is 905 g/mol. The summed E-state index contributed by atoms with van der Waals surface area (Å²) in [5.74, 6) is -2.05. The van der Waals surface area contributed by atoms with Gasteiger partial charge in [-0.15, -0.1) is 0 Å². The fourth-order valence-corrected chi connectivity index (χ4v) is 7.10. The molecular weight excluding hydrogens is 825 g/mol. The fraction of sp³-hybridized carbons (Fsp3) is 0.640. The maximum Gasteiger partial charge on any atom is 0.306 e. The molecule has 1 rings (SSSR count). The van der Waals surface area contributed by atoms with Crippen molar-refractivity contribution in [3.63, 3.8) is 0 Å². The van der Waals surface area contributed by atoms with E-state index in [0.717, 1.165) is 109 Å². The van der Waals surface area contributed by atoms with Gasteiger partial charge in [-0.25, -0.2) is 0 Å². The first-order valence-electron chi connectivity index (χ1n) is 23.3. The molecule has 0 amide bonds. The molecule has 0 aromatic carbocycles. The fourth-order valence-electron chi connectivity index (χ4n) is 6.41. The summed E-state index contributed by atoms with van der Waals surface area (Å²) in [5, 5.41) is 30.9. The van der Waals surface area contributed by atoms with Crippen molar-refractivity contribution in [2.45, 2.75) is 185 Å². The molecule has 1 fully saturated rings. The number of carbonyl (C=O) groups excluding carboxylic acids is 2. The summed E-state index contributed by atoms with van der Waals surface area (Å²) in [6.07, 6.45) is 43.1. The topological polar surface area (TPSA) is 186 Å². The van der Waals surface area contributed by atoms with Crippen LogP contribution in [-0.4, -0.2) is 96.0 Å². The van der Waals surface area contributed by atoms with Gasteiger partial charge in [-0.3, -0.25) is 14.1 Å². The summed E-state index contributed by atoms with van der Waals surface area (Å²) in [7, 11) is -4.61. The van der Waals surface area contributed by atoms with Gasteiger partial charge in [0, 0.05) is 12.8 Å². The van der Waals surface area contributed by atoms with E-state index < -0.39 is 71.2 Å². The Morgan fingerprint density at radius 3 is 1.59 bits per heavy atom. The molecule has 0 bridgehead atoms. The third kappa shape index (κ3) is 33.7. The maximum absolute atomic E-state index is 12.8. The molecule has 6 atom stereocenters. The van der Waals surface area contributed by atoms with Crippen LogP contribution in [0, 0.1) is 0 Å². The summed E-state index contributed by atoms with van der Waals surface area (Å²) in [6, 6.07) is 0. The predicted octanol–water partition coefficient (Wildman–Crippen LogP) is 9.83. The van der Waals surface area contributed by atoms with E-state index in [1.807, 2.05) is 24.3 Å². The second-order valence-corrected chi connectivity index (χ2v) is 17.2. The van der Waals surface area contributed by atoms with Crippen LogP contribution < -0.4 is 0 Å². The first-order chi connectivity index (χ1) is 30.5. The Balaban J connectivity index is 2.42. The third-order valence-corrected chi connectivity index (χ3v) is 10.7. The molecule has 0 spiro atoms. The quantitative estimate of drug-likeness (QED) is 0.0152. The number of rotatable bonds is 37. The van der Waals surface area contributed by atoms with Crippen LogP contribution in [-0.2, 0) is 38.7 Å². The number of ether oxygens (including phenoxy) is 4. The molecule has 1 aliphatic heterocycles. The van der Waals surface area contributed by atoms with Gasteiger partial charge >= 0.3 is 11.9 Å². The van der Waals surface area contributed by atoms with Crippen molar-refractivity contribution < 1.29 is 56.8 Å². The minimum absolute atomic E-state index is 0.132. The van der Waals surface area contributed by atoms with Gasteiger partial charge in [0.05, 0.1) is 6.61 Å². The van der Waals surface area contributed by atoms with Crippen molar-refractivity contribution in [3.05, 3.63) is 97.2 Å². The Bertz CT molecular complexity index is 1530. The Kier molecular flexibility index (Phi) is 35.6. The number of esters is 2. The summed E-state index contributed by atoms with van der Waals surface area (Å²) >= 11 is 0. The molecule has 63 heavy (non-hydrogen) atoms. The summed E-state index contributed by atoms with van der Waals surface area (Å²) < 4.78 is 54.1. The van der Waals surface area contributed by atoms with Gasteiger partial charge in [-0.05, 0) is 77.0 Å². The highest BCUT2D eigenvalue weighted by Gasteiger charge is 2.46. The predicted molar refractivity (Wildman–Crippen MR) is 251 cm³/mol. The Hall–Kier alpha value is -3.43. The summed E-state index contributed by atoms with van der Waals surface area (Å²) in [4.78, 5) is 25.4. The molecule has 0 aromatic heterocycles. The number of hydrogen-bond acceptors (Lipinski definition) is 11. The largest absolute Gasteiger partial charge is 0.462 e. The lowest BCUT2D eigenvalue weighted by Crippen LogP contribution is -2.60. The van der Waals surface area contributed by atoms with Crippen molar-refractivity contribution in [1.29, 1.82) is 0 Å². The van der Waals surface area contributed by atoms with Gasteiger partial charge in [0.25, 0.3) is 10.1 Å². The van der Waals surface area contributed by atoms with Crippen LogP contribution in [0.2, 0.25) is 0 Å². The Morgan fingerprint density at radius 1 is 0.556 bits per heavy atom. The molecule has 4 N–H and O–H groups in total. The number of allylic oxidation sites excluding steroid dienone is 16. The SMILES string of the molecule is CC/C=C/C=C/C=C/CCCCCCCC(=O)OC(COC(=O)CCCCCCCC/C=C/C/C=C/C/C=C/C/C=C/C/C=C/CC)CO[C@H]1O[C@H](CS(=O)(=O)O)[C@@H](O)C(O)C1O. The van der Waals surface area contributed by atoms with E-state index in [-0.39, 0.29) is 19.4 Å².